The Kier molecular flexibility index (Phi) is 3.98. The lowest BCUT2D eigenvalue weighted by Gasteiger charge is -2.28. The molecule has 0 atom stereocenters. The van der Waals surface area contributed by atoms with E-state index in [4.69, 9.17) is 0 Å². The van der Waals surface area contributed by atoms with Gasteiger partial charge in [-0.25, -0.2) is 4.79 Å². The molecule has 1 aromatic carbocycles. The number of aromatic carboxylic acids is 1. The first-order valence-electron chi connectivity index (χ1n) is 7.32. The molecule has 0 aliphatic carbocycles. The monoisotopic (exact) mass is 315 g/mol. The second-order valence-corrected chi connectivity index (χ2v) is 6.42. The van der Waals surface area contributed by atoms with Crippen LogP contribution < -0.4 is 0 Å². The molecule has 0 spiro atoms. The van der Waals surface area contributed by atoms with Crippen molar-refractivity contribution in [1.29, 1.82) is 0 Å². The second kappa shape index (κ2) is 5.93. The average Bonchev–Trinajstić information content (AvgIpc) is 2.93. The summed E-state index contributed by atoms with van der Waals surface area (Å²) in [6.07, 6.45) is 1.42. The van der Waals surface area contributed by atoms with Crippen LogP contribution in [0.25, 0.3) is 0 Å². The molecule has 1 N–H and O–H groups in total. The standard InChI is InChI=1S/C17H17NO3S/c1-2-12-13-10-18(16(19)11-6-4-3-5-7-11)9-8-14(13)22-15(12)17(20)21/h3-7H,2,8-10H2,1H3,(H,20,21). The Morgan fingerprint density at radius 3 is 2.64 bits per heavy atom. The van der Waals surface area contributed by atoms with E-state index in [9.17, 15) is 14.7 Å². The van der Waals surface area contributed by atoms with Gasteiger partial charge in [-0.2, -0.15) is 0 Å². The molecule has 1 aliphatic rings. The van der Waals surface area contributed by atoms with Crippen LogP contribution in [0.4, 0.5) is 0 Å². The van der Waals surface area contributed by atoms with Gasteiger partial charge in [0.25, 0.3) is 5.91 Å². The minimum absolute atomic E-state index is 0.0105. The van der Waals surface area contributed by atoms with Crippen LogP contribution in [0.3, 0.4) is 0 Å². The molecule has 2 aromatic rings. The average molecular weight is 315 g/mol. The normalized spacial score (nSPS) is 13.8. The van der Waals surface area contributed by atoms with Crippen molar-refractivity contribution in [2.75, 3.05) is 6.54 Å². The summed E-state index contributed by atoms with van der Waals surface area (Å²) in [5.41, 5.74) is 2.61. The van der Waals surface area contributed by atoms with E-state index >= 15 is 0 Å². The second-order valence-electron chi connectivity index (χ2n) is 5.31. The highest BCUT2D eigenvalue weighted by molar-refractivity contribution is 7.14. The van der Waals surface area contributed by atoms with Gasteiger partial charge in [0.1, 0.15) is 4.88 Å². The first-order valence-corrected chi connectivity index (χ1v) is 8.14. The van der Waals surface area contributed by atoms with Gasteiger partial charge in [0, 0.05) is 23.5 Å². The number of carboxylic acid groups (broad SMARTS) is 1. The fourth-order valence-corrected chi connectivity index (χ4v) is 4.16. The molecule has 1 aromatic heterocycles. The molecule has 0 saturated carbocycles. The zero-order valence-corrected chi connectivity index (χ0v) is 13.2. The summed E-state index contributed by atoms with van der Waals surface area (Å²) < 4.78 is 0. The van der Waals surface area contributed by atoms with E-state index < -0.39 is 5.97 Å². The number of carboxylic acids is 1. The highest BCUT2D eigenvalue weighted by Gasteiger charge is 2.28. The zero-order chi connectivity index (χ0) is 15.7. The predicted molar refractivity (Wildman–Crippen MR) is 85.5 cm³/mol. The number of benzene rings is 1. The van der Waals surface area contributed by atoms with Gasteiger partial charge in [0.05, 0.1) is 0 Å². The van der Waals surface area contributed by atoms with Crippen molar-refractivity contribution in [3.63, 3.8) is 0 Å². The minimum atomic E-state index is -0.864. The number of hydrogen-bond donors (Lipinski definition) is 1. The molecular weight excluding hydrogens is 298 g/mol. The molecule has 0 bridgehead atoms. The van der Waals surface area contributed by atoms with Crippen LogP contribution in [0.5, 0.6) is 0 Å². The summed E-state index contributed by atoms with van der Waals surface area (Å²) in [5.74, 6) is -0.853. The fraction of sp³-hybridized carbons (Fsp3) is 0.294. The fourth-order valence-electron chi connectivity index (χ4n) is 2.93. The summed E-state index contributed by atoms with van der Waals surface area (Å²) in [4.78, 5) is 27.3. The Balaban J connectivity index is 1.90. The van der Waals surface area contributed by atoms with Crippen molar-refractivity contribution in [3.8, 4) is 0 Å². The first kappa shape index (κ1) is 14.8. The molecule has 5 heteroatoms. The van der Waals surface area contributed by atoms with Crippen LogP contribution in [0, 0.1) is 0 Å². The van der Waals surface area contributed by atoms with Gasteiger partial charge in [-0.3, -0.25) is 4.79 Å². The van der Waals surface area contributed by atoms with Crippen LogP contribution in [0.1, 0.15) is 43.0 Å². The molecule has 3 rings (SSSR count). The lowest BCUT2D eigenvalue weighted by Crippen LogP contribution is -2.35. The molecule has 0 unspecified atom stereocenters. The van der Waals surface area contributed by atoms with Crippen LogP contribution in [-0.2, 0) is 19.4 Å². The van der Waals surface area contributed by atoms with Crippen molar-refractivity contribution in [2.24, 2.45) is 0 Å². The van der Waals surface area contributed by atoms with E-state index in [1.165, 1.54) is 11.3 Å². The third-order valence-electron chi connectivity index (χ3n) is 4.01. The van der Waals surface area contributed by atoms with E-state index in [1.54, 1.807) is 0 Å². The number of hydrogen-bond acceptors (Lipinski definition) is 3. The Hall–Kier alpha value is -2.14. The Labute approximate surface area is 133 Å². The third-order valence-corrected chi connectivity index (χ3v) is 5.34. The van der Waals surface area contributed by atoms with Gasteiger partial charge in [-0.15, -0.1) is 11.3 Å². The molecule has 4 nitrogen and oxygen atoms in total. The van der Waals surface area contributed by atoms with Crippen LogP contribution >= 0.6 is 11.3 Å². The maximum absolute atomic E-state index is 12.6. The van der Waals surface area contributed by atoms with E-state index in [0.29, 0.717) is 30.0 Å². The van der Waals surface area contributed by atoms with Crippen molar-refractivity contribution in [2.45, 2.75) is 26.3 Å². The highest BCUT2D eigenvalue weighted by Crippen LogP contribution is 2.34. The van der Waals surface area contributed by atoms with Gasteiger partial charge in [-0.05, 0) is 36.1 Å². The number of carbonyl (C=O) groups is 2. The van der Waals surface area contributed by atoms with Gasteiger partial charge in [0.15, 0.2) is 0 Å². The maximum Gasteiger partial charge on any atom is 0.346 e. The highest BCUT2D eigenvalue weighted by atomic mass is 32.1. The van der Waals surface area contributed by atoms with E-state index in [1.807, 2.05) is 42.2 Å². The molecule has 1 aliphatic heterocycles. The van der Waals surface area contributed by atoms with Gasteiger partial charge in [0.2, 0.25) is 0 Å². The number of rotatable bonds is 3. The van der Waals surface area contributed by atoms with Gasteiger partial charge < -0.3 is 10.0 Å². The molecule has 0 radical (unpaired) electrons. The van der Waals surface area contributed by atoms with Gasteiger partial charge in [-0.1, -0.05) is 25.1 Å². The Morgan fingerprint density at radius 1 is 1.27 bits per heavy atom. The van der Waals surface area contributed by atoms with Crippen molar-refractivity contribution in [3.05, 3.63) is 56.8 Å². The van der Waals surface area contributed by atoms with Crippen molar-refractivity contribution < 1.29 is 14.7 Å². The SMILES string of the molecule is CCc1c(C(=O)O)sc2c1CN(C(=O)c1ccccc1)CC2. The quantitative estimate of drug-likeness (QED) is 0.946. The van der Waals surface area contributed by atoms with Crippen LogP contribution in [-0.4, -0.2) is 28.4 Å². The molecular formula is C17H17NO3S. The lowest BCUT2D eigenvalue weighted by atomic mass is 10.0. The zero-order valence-electron chi connectivity index (χ0n) is 12.3. The van der Waals surface area contributed by atoms with Crippen molar-refractivity contribution in [1.82, 2.24) is 4.90 Å². The predicted octanol–water partition coefficient (Wildman–Crippen LogP) is 3.21. The summed E-state index contributed by atoms with van der Waals surface area (Å²) >= 11 is 1.37. The smallest absolute Gasteiger partial charge is 0.346 e. The van der Waals surface area contributed by atoms with Crippen molar-refractivity contribution >= 4 is 23.2 Å². The maximum atomic E-state index is 12.6. The molecule has 0 saturated heterocycles. The summed E-state index contributed by atoms with van der Waals surface area (Å²) in [5, 5.41) is 9.33. The molecule has 114 valence electrons. The number of carbonyl (C=O) groups excluding carboxylic acids is 1. The van der Waals surface area contributed by atoms with Crippen LogP contribution in [0.15, 0.2) is 30.3 Å². The topological polar surface area (TPSA) is 57.6 Å². The summed E-state index contributed by atoms with van der Waals surface area (Å²) in [6.45, 7) is 3.12. The number of amides is 1. The Morgan fingerprint density at radius 2 is 2.00 bits per heavy atom. The Bertz CT molecular complexity index is 721. The van der Waals surface area contributed by atoms with E-state index in [-0.39, 0.29) is 5.91 Å². The third kappa shape index (κ3) is 2.52. The number of nitrogens with zero attached hydrogens (tertiary/aromatic N) is 1. The molecule has 1 amide bonds. The first-order chi connectivity index (χ1) is 10.6. The van der Waals surface area contributed by atoms with E-state index in [0.717, 1.165) is 22.4 Å². The molecule has 22 heavy (non-hydrogen) atoms. The van der Waals surface area contributed by atoms with Gasteiger partial charge >= 0.3 is 5.97 Å². The molecule has 0 fully saturated rings. The lowest BCUT2D eigenvalue weighted by molar-refractivity contribution is 0.0700. The summed E-state index contributed by atoms with van der Waals surface area (Å²) in [7, 11) is 0. The number of thiophene rings is 1. The summed E-state index contributed by atoms with van der Waals surface area (Å²) in [6, 6.07) is 9.22. The number of fused-ring (bicyclic) bond motifs is 1. The largest absolute Gasteiger partial charge is 0.477 e. The minimum Gasteiger partial charge on any atom is -0.477 e. The molecule has 2 heterocycles. The van der Waals surface area contributed by atoms with Crippen LogP contribution in [0.2, 0.25) is 0 Å². The van der Waals surface area contributed by atoms with E-state index in [2.05, 4.69) is 0 Å².